The quantitative estimate of drug-likeness (QED) is 0.496. The molecule has 0 N–H and O–H groups in total. The first-order valence-electron chi connectivity index (χ1n) is 4.45. The number of nitrogens with zero attached hydrogens (tertiary/aromatic N) is 2. The molecule has 2 heteroatoms. The molecule has 0 atom stereocenters. The predicted molar refractivity (Wildman–Crippen MR) is 55.9 cm³/mol. The van der Waals surface area contributed by atoms with Gasteiger partial charge in [0.05, 0.1) is 5.52 Å². The highest BCUT2D eigenvalue weighted by Crippen LogP contribution is 2.21. The standard InChI is InChI=1S/C12H7N2/c1-2-4-10-9(3-1)5-6-12-11(10)7-13-8-14-12/h1-6,8H. The van der Waals surface area contributed by atoms with Crippen molar-refractivity contribution in [2.24, 2.45) is 0 Å². The topological polar surface area (TPSA) is 25.8 Å². The minimum absolute atomic E-state index is 0.943. The third kappa shape index (κ3) is 0.973. The lowest BCUT2D eigenvalue weighted by Crippen LogP contribution is -1.82. The maximum Gasteiger partial charge on any atom is 0.116 e. The van der Waals surface area contributed by atoms with Gasteiger partial charge in [-0.1, -0.05) is 30.3 Å². The first kappa shape index (κ1) is 7.44. The van der Waals surface area contributed by atoms with Crippen LogP contribution in [0.25, 0.3) is 21.7 Å². The summed E-state index contributed by atoms with van der Waals surface area (Å²) in [7, 11) is 0. The Kier molecular flexibility index (Phi) is 1.47. The highest BCUT2D eigenvalue weighted by Gasteiger charge is 1.99. The van der Waals surface area contributed by atoms with Crippen molar-refractivity contribution < 1.29 is 0 Å². The SMILES string of the molecule is [c]1ncnc2ccc3ccccc3c12. The molecule has 1 heterocycles. The Hall–Kier alpha value is -1.96. The van der Waals surface area contributed by atoms with Crippen LogP contribution in [0.5, 0.6) is 0 Å². The second-order valence-corrected chi connectivity index (χ2v) is 3.17. The number of hydrogen-bond acceptors (Lipinski definition) is 2. The molecular weight excluding hydrogens is 172 g/mol. The Morgan fingerprint density at radius 1 is 1.00 bits per heavy atom. The minimum Gasteiger partial charge on any atom is -0.236 e. The molecule has 14 heavy (non-hydrogen) atoms. The van der Waals surface area contributed by atoms with Crippen LogP contribution in [-0.2, 0) is 0 Å². The first-order chi connectivity index (χ1) is 6.95. The van der Waals surface area contributed by atoms with E-state index in [1.165, 1.54) is 11.7 Å². The van der Waals surface area contributed by atoms with E-state index >= 15 is 0 Å². The predicted octanol–water partition coefficient (Wildman–Crippen LogP) is 2.58. The van der Waals surface area contributed by atoms with Crippen LogP contribution in [0.15, 0.2) is 42.7 Å². The fourth-order valence-corrected chi connectivity index (χ4v) is 1.67. The summed E-state index contributed by atoms with van der Waals surface area (Å²) in [5, 5.41) is 3.35. The molecule has 0 fully saturated rings. The summed E-state index contributed by atoms with van der Waals surface area (Å²) >= 11 is 0. The van der Waals surface area contributed by atoms with E-state index in [1.54, 1.807) is 0 Å². The summed E-state index contributed by atoms with van der Waals surface area (Å²) in [5.74, 6) is 0. The van der Waals surface area contributed by atoms with Crippen LogP contribution in [0.4, 0.5) is 0 Å². The van der Waals surface area contributed by atoms with E-state index in [4.69, 9.17) is 0 Å². The third-order valence-electron chi connectivity index (χ3n) is 2.34. The monoisotopic (exact) mass is 179 g/mol. The molecule has 3 aromatic rings. The lowest BCUT2D eigenvalue weighted by atomic mass is 10.1. The summed E-state index contributed by atoms with van der Waals surface area (Å²) in [4.78, 5) is 8.12. The van der Waals surface area contributed by atoms with Gasteiger partial charge < -0.3 is 0 Å². The van der Waals surface area contributed by atoms with Gasteiger partial charge in [0.1, 0.15) is 12.5 Å². The van der Waals surface area contributed by atoms with Crippen LogP contribution in [0.3, 0.4) is 0 Å². The van der Waals surface area contributed by atoms with Crippen LogP contribution in [0, 0.1) is 6.20 Å². The van der Waals surface area contributed by atoms with Crippen molar-refractivity contribution in [2.45, 2.75) is 0 Å². The van der Waals surface area contributed by atoms with Crippen LogP contribution < -0.4 is 0 Å². The van der Waals surface area contributed by atoms with E-state index in [1.807, 2.05) is 18.2 Å². The maximum atomic E-state index is 4.19. The van der Waals surface area contributed by atoms with Crippen LogP contribution in [0.1, 0.15) is 0 Å². The summed E-state index contributed by atoms with van der Waals surface area (Å²) in [5.41, 5.74) is 0.943. The van der Waals surface area contributed by atoms with E-state index in [-0.39, 0.29) is 0 Å². The van der Waals surface area contributed by atoms with Gasteiger partial charge in [-0.2, -0.15) is 0 Å². The van der Waals surface area contributed by atoms with Crippen LogP contribution >= 0.6 is 0 Å². The molecule has 0 amide bonds. The molecule has 0 aliphatic heterocycles. The molecule has 2 nitrogen and oxygen atoms in total. The zero-order valence-corrected chi connectivity index (χ0v) is 7.44. The fraction of sp³-hybridized carbons (Fsp3) is 0. The summed E-state index contributed by atoms with van der Waals surface area (Å²) in [6.07, 6.45) is 4.51. The Balaban J connectivity index is 2.61. The molecule has 2 aromatic carbocycles. The third-order valence-corrected chi connectivity index (χ3v) is 2.34. The molecule has 0 spiro atoms. The van der Waals surface area contributed by atoms with Crippen molar-refractivity contribution in [3.05, 3.63) is 48.9 Å². The molecule has 0 saturated heterocycles. The zero-order valence-electron chi connectivity index (χ0n) is 7.44. The Labute approximate surface area is 81.2 Å². The maximum absolute atomic E-state index is 4.19. The van der Waals surface area contributed by atoms with E-state index in [9.17, 15) is 0 Å². The number of benzene rings is 2. The van der Waals surface area contributed by atoms with Gasteiger partial charge >= 0.3 is 0 Å². The second-order valence-electron chi connectivity index (χ2n) is 3.17. The number of rotatable bonds is 0. The normalized spacial score (nSPS) is 10.9. The van der Waals surface area contributed by atoms with Crippen molar-refractivity contribution in [1.82, 2.24) is 9.97 Å². The highest BCUT2D eigenvalue weighted by atomic mass is 14.8. The minimum atomic E-state index is 0.943. The van der Waals surface area contributed by atoms with E-state index in [0.717, 1.165) is 16.3 Å². The molecular formula is C12H7N2. The van der Waals surface area contributed by atoms with Gasteiger partial charge in [-0.15, -0.1) is 0 Å². The van der Waals surface area contributed by atoms with Gasteiger partial charge in [0.2, 0.25) is 0 Å². The average molecular weight is 179 g/mol. The molecule has 1 radical (unpaired) electrons. The smallest absolute Gasteiger partial charge is 0.116 e. The van der Waals surface area contributed by atoms with Crippen molar-refractivity contribution in [2.75, 3.05) is 0 Å². The Morgan fingerprint density at radius 2 is 1.93 bits per heavy atom. The number of fused-ring (bicyclic) bond motifs is 3. The summed E-state index contributed by atoms with van der Waals surface area (Å²) in [6.45, 7) is 0. The van der Waals surface area contributed by atoms with Crippen molar-refractivity contribution in [3.63, 3.8) is 0 Å². The molecule has 3 rings (SSSR count). The number of aromatic nitrogens is 2. The Bertz CT molecular complexity index is 547. The number of hydrogen-bond donors (Lipinski definition) is 0. The lowest BCUT2D eigenvalue weighted by molar-refractivity contribution is 1.22. The van der Waals surface area contributed by atoms with Gasteiger partial charge in [-0.25, -0.2) is 9.97 Å². The van der Waals surface area contributed by atoms with Crippen molar-refractivity contribution in [3.8, 4) is 0 Å². The fourth-order valence-electron chi connectivity index (χ4n) is 1.67. The largest absolute Gasteiger partial charge is 0.236 e. The van der Waals surface area contributed by atoms with Gasteiger partial charge in [0.15, 0.2) is 0 Å². The summed E-state index contributed by atoms with van der Waals surface area (Å²) < 4.78 is 0. The van der Waals surface area contributed by atoms with Gasteiger partial charge in [0.25, 0.3) is 0 Å². The first-order valence-corrected chi connectivity index (χ1v) is 4.45. The summed E-state index contributed by atoms with van der Waals surface area (Å²) in [6, 6.07) is 12.3. The molecule has 0 aliphatic rings. The van der Waals surface area contributed by atoms with Gasteiger partial charge in [-0.3, -0.25) is 0 Å². The molecule has 0 saturated carbocycles. The van der Waals surface area contributed by atoms with E-state index < -0.39 is 0 Å². The van der Waals surface area contributed by atoms with Crippen LogP contribution in [0.2, 0.25) is 0 Å². The van der Waals surface area contributed by atoms with E-state index in [2.05, 4.69) is 34.4 Å². The van der Waals surface area contributed by atoms with E-state index in [0.29, 0.717) is 0 Å². The van der Waals surface area contributed by atoms with Gasteiger partial charge in [-0.05, 0) is 16.8 Å². The average Bonchev–Trinajstić information content (AvgIpc) is 2.29. The molecule has 0 aliphatic carbocycles. The second kappa shape index (κ2) is 2.77. The Morgan fingerprint density at radius 3 is 2.93 bits per heavy atom. The van der Waals surface area contributed by atoms with Crippen molar-refractivity contribution in [1.29, 1.82) is 0 Å². The molecule has 1 aromatic heterocycles. The molecule has 65 valence electrons. The van der Waals surface area contributed by atoms with Gasteiger partial charge in [0, 0.05) is 5.39 Å². The molecule has 0 bridgehead atoms. The molecule has 0 unspecified atom stereocenters. The van der Waals surface area contributed by atoms with Crippen LogP contribution in [-0.4, -0.2) is 9.97 Å². The highest BCUT2D eigenvalue weighted by molar-refractivity contribution is 6.05. The van der Waals surface area contributed by atoms with Crippen molar-refractivity contribution >= 4 is 21.7 Å². The lowest BCUT2D eigenvalue weighted by Gasteiger charge is -2.00. The zero-order chi connectivity index (χ0) is 9.38.